The molecule has 0 radical (unpaired) electrons. The van der Waals surface area contributed by atoms with Gasteiger partial charge in [-0.2, -0.15) is 0 Å². The summed E-state index contributed by atoms with van der Waals surface area (Å²) in [5.41, 5.74) is 10.2. The van der Waals surface area contributed by atoms with Gasteiger partial charge in [0.15, 0.2) is 6.10 Å². The fourth-order valence-corrected chi connectivity index (χ4v) is 1.48. The molecule has 17 heavy (non-hydrogen) atoms. The van der Waals surface area contributed by atoms with Crippen LogP contribution in [0.25, 0.3) is 0 Å². The van der Waals surface area contributed by atoms with Crippen molar-refractivity contribution in [1.82, 2.24) is 0 Å². The molecule has 0 fully saturated rings. The maximum atomic E-state index is 10.7. The van der Waals surface area contributed by atoms with Gasteiger partial charge < -0.3 is 20.9 Å². The lowest BCUT2D eigenvalue weighted by molar-refractivity contribution is 0.0513. The highest BCUT2D eigenvalue weighted by molar-refractivity contribution is 6.31. The van der Waals surface area contributed by atoms with Gasteiger partial charge >= 0.3 is 12.2 Å². The summed E-state index contributed by atoms with van der Waals surface area (Å²) in [6.07, 6.45) is -2.85. The van der Waals surface area contributed by atoms with Gasteiger partial charge in [0.2, 0.25) is 0 Å². The predicted molar refractivity (Wildman–Crippen MR) is 60.4 cm³/mol. The molecule has 0 aliphatic heterocycles. The average Bonchev–Trinajstić information content (AvgIpc) is 2.24. The maximum absolute atomic E-state index is 10.7. The van der Waals surface area contributed by atoms with E-state index in [1.807, 2.05) is 0 Å². The van der Waals surface area contributed by atoms with Crippen LogP contribution in [0, 0.1) is 0 Å². The van der Waals surface area contributed by atoms with Crippen molar-refractivity contribution in [1.29, 1.82) is 0 Å². The number of carbonyl (C=O) groups is 2. The first kappa shape index (κ1) is 13.1. The maximum Gasteiger partial charge on any atom is 0.405 e. The summed E-state index contributed by atoms with van der Waals surface area (Å²) in [6.45, 7) is -0.248. The number of nitrogens with two attached hydrogens (primary N) is 2. The highest BCUT2D eigenvalue weighted by Crippen LogP contribution is 2.25. The molecule has 0 heterocycles. The Morgan fingerprint density at radius 3 is 2.41 bits per heavy atom. The van der Waals surface area contributed by atoms with Crippen molar-refractivity contribution in [3.05, 3.63) is 34.9 Å². The van der Waals surface area contributed by atoms with Crippen LogP contribution in [0.15, 0.2) is 24.3 Å². The molecule has 0 aliphatic rings. The van der Waals surface area contributed by atoms with Crippen LogP contribution in [-0.2, 0) is 9.47 Å². The third-order valence-electron chi connectivity index (χ3n) is 1.89. The van der Waals surface area contributed by atoms with Gasteiger partial charge in [0.05, 0.1) is 0 Å². The minimum atomic E-state index is -0.997. The van der Waals surface area contributed by atoms with Crippen molar-refractivity contribution >= 4 is 23.8 Å². The van der Waals surface area contributed by atoms with E-state index in [2.05, 4.69) is 4.74 Å². The first-order chi connectivity index (χ1) is 8.00. The summed E-state index contributed by atoms with van der Waals surface area (Å²) in [6, 6.07) is 6.64. The Morgan fingerprint density at radius 2 is 1.88 bits per heavy atom. The Labute approximate surface area is 102 Å². The highest BCUT2D eigenvalue weighted by atomic mass is 35.5. The van der Waals surface area contributed by atoms with Crippen LogP contribution in [0.1, 0.15) is 11.7 Å². The lowest BCUT2D eigenvalue weighted by Gasteiger charge is -2.17. The predicted octanol–water partition coefficient (Wildman–Crippen LogP) is 1.57. The molecule has 0 aromatic heterocycles. The molecule has 0 saturated heterocycles. The zero-order chi connectivity index (χ0) is 12.8. The van der Waals surface area contributed by atoms with E-state index in [9.17, 15) is 9.59 Å². The number of hydrogen-bond donors (Lipinski definition) is 2. The Kier molecular flexibility index (Phi) is 4.59. The summed E-state index contributed by atoms with van der Waals surface area (Å²) in [7, 11) is 0. The molecule has 4 N–H and O–H groups in total. The van der Waals surface area contributed by atoms with Crippen LogP contribution < -0.4 is 11.5 Å². The molecule has 1 rings (SSSR count). The van der Waals surface area contributed by atoms with Crippen LogP contribution in [0.4, 0.5) is 9.59 Å². The number of ether oxygens (including phenoxy) is 2. The third kappa shape index (κ3) is 4.20. The molecular formula is C10H11ClN2O4. The van der Waals surface area contributed by atoms with E-state index in [4.69, 9.17) is 27.8 Å². The lowest BCUT2D eigenvalue weighted by Crippen LogP contribution is -2.24. The molecular weight excluding hydrogens is 248 g/mol. The quantitative estimate of drug-likeness (QED) is 0.855. The second-order valence-electron chi connectivity index (χ2n) is 3.08. The van der Waals surface area contributed by atoms with Crippen molar-refractivity contribution in [2.45, 2.75) is 6.10 Å². The first-order valence-corrected chi connectivity index (χ1v) is 5.01. The Hall–Kier alpha value is -1.95. The van der Waals surface area contributed by atoms with Crippen molar-refractivity contribution in [2.24, 2.45) is 11.5 Å². The molecule has 92 valence electrons. The SMILES string of the molecule is NC(=O)OCC(OC(N)=O)c1ccccc1Cl. The number of hydrogen-bond acceptors (Lipinski definition) is 4. The van der Waals surface area contributed by atoms with E-state index in [1.165, 1.54) is 0 Å². The molecule has 1 atom stereocenters. The van der Waals surface area contributed by atoms with Crippen LogP contribution in [0.3, 0.4) is 0 Å². The van der Waals surface area contributed by atoms with Gasteiger partial charge in [-0.15, -0.1) is 0 Å². The standard InChI is InChI=1S/C10H11ClN2O4/c11-7-4-2-1-3-6(7)8(17-10(13)15)5-16-9(12)14/h1-4,8H,5H2,(H2,12,14)(H2,13,15). The zero-order valence-electron chi connectivity index (χ0n) is 8.76. The fourth-order valence-electron chi connectivity index (χ4n) is 1.22. The normalized spacial score (nSPS) is 11.6. The van der Waals surface area contributed by atoms with E-state index in [0.717, 1.165) is 0 Å². The molecule has 0 saturated carbocycles. The van der Waals surface area contributed by atoms with Crippen LogP contribution >= 0.6 is 11.6 Å². The summed E-state index contributed by atoms with van der Waals surface area (Å²) in [5.74, 6) is 0. The fraction of sp³-hybridized carbons (Fsp3) is 0.200. The van der Waals surface area contributed by atoms with Gasteiger partial charge in [0.25, 0.3) is 0 Å². The first-order valence-electron chi connectivity index (χ1n) is 4.63. The number of rotatable bonds is 4. The largest absolute Gasteiger partial charge is 0.445 e. The smallest absolute Gasteiger partial charge is 0.405 e. The van der Waals surface area contributed by atoms with Crippen LogP contribution in [0.2, 0.25) is 5.02 Å². The molecule has 0 spiro atoms. The molecule has 0 aliphatic carbocycles. The van der Waals surface area contributed by atoms with Gasteiger partial charge in [-0.3, -0.25) is 0 Å². The van der Waals surface area contributed by atoms with Gasteiger partial charge in [0, 0.05) is 10.6 Å². The van der Waals surface area contributed by atoms with Gasteiger partial charge in [-0.05, 0) is 6.07 Å². The molecule has 1 aromatic carbocycles. The van der Waals surface area contributed by atoms with E-state index in [0.29, 0.717) is 10.6 Å². The molecule has 7 heteroatoms. The van der Waals surface area contributed by atoms with Crippen LogP contribution in [-0.4, -0.2) is 18.8 Å². The highest BCUT2D eigenvalue weighted by Gasteiger charge is 2.19. The summed E-state index contributed by atoms with van der Waals surface area (Å²) in [5, 5.41) is 0.367. The van der Waals surface area contributed by atoms with E-state index >= 15 is 0 Å². The van der Waals surface area contributed by atoms with Gasteiger partial charge in [0.1, 0.15) is 6.61 Å². The van der Waals surface area contributed by atoms with Gasteiger partial charge in [-0.25, -0.2) is 9.59 Å². The summed E-state index contributed by atoms with van der Waals surface area (Å²) in [4.78, 5) is 21.2. The minimum Gasteiger partial charge on any atom is -0.445 e. The summed E-state index contributed by atoms with van der Waals surface area (Å²) >= 11 is 5.91. The monoisotopic (exact) mass is 258 g/mol. The molecule has 1 unspecified atom stereocenters. The Bertz CT molecular complexity index is 425. The molecule has 1 aromatic rings. The number of carbonyl (C=O) groups excluding carboxylic acids is 2. The second kappa shape index (κ2) is 5.95. The van der Waals surface area contributed by atoms with E-state index < -0.39 is 18.3 Å². The topological polar surface area (TPSA) is 105 Å². The minimum absolute atomic E-state index is 0.248. The van der Waals surface area contributed by atoms with Crippen molar-refractivity contribution in [3.63, 3.8) is 0 Å². The third-order valence-corrected chi connectivity index (χ3v) is 2.23. The molecule has 0 bridgehead atoms. The Morgan fingerprint density at radius 1 is 1.24 bits per heavy atom. The number of benzene rings is 1. The average molecular weight is 259 g/mol. The lowest BCUT2D eigenvalue weighted by atomic mass is 10.1. The van der Waals surface area contributed by atoms with Crippen molar-refractivity contribution < 1.29 is 19.1 Å². The van der Waals surface area contributed by atoms with Gasteiger partial charge in [-0.1, -0.05) is 29.8 Å². The number of primary amides is 2. The number of halogens is 1. The van der Waals surface area contributed by atoms with Crippen molar-refractivity contribution in [2.75, 3.05) is 6.61 Å². The second-order valence-corrected chi connectivity index (χ2v) is 3.48. The van der Waals surface area contributed by atoms with Crippen molar-refractivity contribution in [3.8, 4) is 0 Å². The molecule has 2 amide bonds. The summed E-state index contributed by atoms with van der Waals surface area (Å²) < 4.78 is 9.35. The molecule has 6 nitrogen and oxygen atoms in total. The van der Waals surface area contributed by atoms with E-state index in [-0.39, 0.29) is 6.61 Å². The zero-order valence-corrected chi connectivity index (χ0v) is 9.52. The Balaban J connectivity index is 2.85. The van der Waals surface area contributed by atoms with E-state index in [1.54, 1.807) is 24.3 Å². The number of amides is 2. The van der Waals surface area contributed by atoms with Crippen LogP contribution in [0.5, 0.6) is 0 Å².